The van der Waals surface area contributed by atoms with Gasteiger partial charge in [0.1, 0.15) is 0 Å². The molecule has 2 N–H and O–H groups in total. The molecule has 0 amide bonds. The third-order valence-corrected chi connectivity index (χ3v) is 7.10. The molecule has 2 aromatic rings. The van der Waals surface area contributed by atoms with Crippen LogP contribution in [0, 0.1) is 13.8 Å². The molecule has 130 valence electrons. The predicted octanol–water partition coefficient (Wildman–Crippen LogP) is 1.85. The lowest BCUT2D eigenvalue weighted by Gasteiger charge is -2.33. The summed E-state index contributed by atoms with van der Waals surface area (Å²) in [6.07, 6.45) is 1.79. The van der Waals surface area contributed by atoms with E-state index in [0.29, 0.717) is 36.2 Å². The van der Waals surface area contributed by atoms with Crippen LogP contribution < -0.4 is 5.73 Å². The van der Waals surface area contributed by atoms with E-state index in [4.69, 9.17) is 5.73 Å². The van der Waals surface area contributed by atoms with Crippen molar-refractivity contribution < 1.29 is 8.42 Å². The molecule has 0 radical (unpaired) electrons. The summed E-state index contributed by atoms with van der Waals surface area (Å²) in [7, 11) is -3.42. The van der Waals surface area contributed by atoms with Crippen molar-refractivity contribution in [1.29, 1.82) is 0 Å². The Kier molecular flexibility index (Phi) is 4.91. The van der Waals surface area contributed by atoms with E-state index >= 15 is 0 Å². The maximum absolute atomic E-state index is 12.8. The molecule has 1 aliphatic rings. The lowest BCUT2D eigenvalue weighted by Crippen LogP contribution is -2.48. The maximum Gasteiger partial charge on any atom is 0.243 e. The highest BCUT2D eigenvalue weighted by Crippen LogP contribution is 2.22. The second-order valence-electron chi connectivity index (χ2n) is 6.09. The topological polar surface area (TPSA) is 79.5 Å². The minimum Gasteiger partial charge on any atom is -0.375 e. The molecule has 24 heavy (non-hydrogen) atoms. The largest absolute Gasteiger partial charge is 0.375 e. The molecule has 1 aromatic heterocycles. The molecule has 6 nitrogen and oxygen atoms in total. The molecule has 8 heteroatoms. The van der Waals surface area contributed by atoms with Crippen LogP contribution in [0.5, 0.6) is 0 Å². The quantitative estimate of drug-likeness (QED) is 0.893. The molecule has 0 bridgehead atoms. The molecular weight excluding hydrogens is 344 g/mol. The third-order valence-electron chi connectivity index (χ3n) is 4.40. The number of sulfonamides is 1. The number of aryl methyl sites for hydroxylation is 2. The van der Waals surface area contributed by atoms with Gasteiger partial charge in [-0.1, -0.05) is 6.07 Å². The average molecular weight is 367 g/mol. The molecule has 1 aromatic carbocycles. The van der Waals surface area contributed by atoms with E-state index < -0.39 is 10.0 Å². The van der Waals surface area contributed by atoms with Gasteiger partial charge in [-0.25, -0.2) is 13.4 Å². The van der Waals surface area contributed by atoms with Crippen LogP contribution in [-0.4, -0.2) is 48.8 Å². The molecule has 0 spiro atoms. The standard InChI is InChI=1S/C16H22N4O2S2/c1-12-3-4-15(9-13(12)2)24(21,22)20-7-5-19(6-8-20)11-14-10-18-16(17)23-14/h3-4,9-10H,5-8,11H2,1-2H3,(H2,17,18). The van der Waals surface area contributed by atoms with Gasteiger partial charge in [-0.3, -0.25) is 4.90 Å². The van der Waals surface area contributed by atoms with Crippen molar-refractivity contribution in [3.63, 3.8) is 0 Å². The maximum atomic E-state index is 12.8. The Labute approximate surface area is 147 Å². The van der Waals surface area contributed by atoms with Crippen molar-refractivity contribution in [2.24, 2.45) is 0 Å². The number of aromatic nitrogens is 1. The number of nitrogens with two attached hydrogens (primary N) is 1. The number of hydrogen-bond acceptors (Lipinski definition) is 6. The Morgan fingerprint density at radius 3 is 2.46 bits per heavy atom. The second kappa shape index (κ2) is 6.79. The van der Waals surface area contributed by atoms with E-state index in [9.17, 15) is 8.42 Å². The highest BCUT2D eigenvalue weighted by Gasteiger charge is 2.28. The van der Waals surface area contributed by atoms with E-state index in [1.807, 2.05) is 19.9 Å². The van der Waals surface area contributed by atoms with Crippen molar-refractivity contribution >= 4 is 26.5 Å². The van der Waals surface area contributed by atoms with Crippen molar-refractivity contribution in [2.45, 2.75) is 25.3 Å². The van der Waals surface area contributed by atoms with Gasteiger partial charge in [0.05, 0.1) is 4.90 Å². The minimum atomic E-state index is -3.42. The summed E-state index contributed by atoms with van der Waals surface area (Å²) in [6, 6.07) is 5.33. The summed E-state index contributed by atoms with van der Waals surface area (Å²) in [5.41, 5.74) is 7.75. The van der Waals surface area contributed by atoms with Crippen LogP contribution >= 0.6 is 11.3 Å². The normalized spacial score (nSPS) is 17.2. The van der Waals surface area contributed by atoms with Gasteiger partial charge < -0.3 is 5.73 Å². The second-order valence-corrected chi connectivity index (χ2v) is 9.18. The zero-order valence-corrected chi connectivity index (χ0v) is 15.5. The van der Waals surface area contributed by atoms with Gasteiger partial charge in [-0.15, -0.1) is 11.3 Å². The van der Waals surface area contributed by atoms with Crippen molar-refractivity contribution in [2.75, 3.05) is 31.9 Å². The molecule has 0 unspecified atom stereocenters. The van der Waals surface area contributed by atoms with Gasteiger partial charge in [0.2, 0.25) is 10.0 Å². The smallest absolute Gasteiger partial charge is 0.243 e. The predicted molar refractivity (Wildman–Crippen MR) is 96.5 cm³/mol. The lowest BCUT2D eigenvalue weighted by atomic mass is 10.1. The van der Waals surface area contributed by atoms with Crippen LogP contribution in [-0.2, 0) is 16.6 Å². The zero-order chi connectivity index (χ0) is 17.3. The fourth-order valence-corrected chi connectivity index (χ4v) is 5.00. The van der Waals surface area contributed by atoms with Crippen LogP contribution in [0.1, 0.15) is 16.0 Å². The highest BCUT2D eigenvalue weighted by atomic mass is 32.2. The first-order valence-corrected chi connectivity index (χ1v) is 10.1. The molecule has 0 saturated carbocycles. The number of anilines is 1. The molecule has 3 rings (SSSR count). The SMILES string of the molecule is Cc1ccc(S(=O)(=O)N2CCN(Cc3cnc(N)s3)CC2)cc1C. The minimum absolute atomic E-state index is 0.384. The van der Waals surface area contributed by atoms with Crippen LogP contribution in [0.2, 0.25) is 0 Å². The fraction of sp³-hybridized carbons (Fsp3) is 0.438. The summed E-state index contributed by atoms with van der Waals surface area (Å²) < 4.78 is 27.2. The number of nitrogens with zero attached hydrogens (tertiary/aromatic N) is 3. The number of benzene rings is 1. The number of hydrogen-bond donors (Lipinski definition) is 1. The molecule has 0 atom stereocenters. The highest BCUT2D eigenvalue weighted by molar-refractivity contribution is 7.89. The van der Waals surface area contributed by atoms with Gasteiger partial charge >= 0.3 is 0 Å². The summed E-state index contributed by atoms with van der Waals surface area (Å²) in [4.78, 5) is 7.78. The van der Waals surface area contributed by atoms with Crippen LogP contribution in [0.25, 0.3) is 0 Å². The van der Waals surface area contributed by atoms with Gasteiger partial charge in [-0.05, 0) is 37.1 Å². The van der Waals surface area contributed by atoms with Gasteiger partial charge in [-0.2, -0.15) is 4.31 Å². The Balaban J connectivity index is 1.65. The fourth-order valence-electron chi connectivity index (χ4n) is 2.77. The Morgan fingerprint density at radius 1 is 1.17 bits per heavy atom. The first-order valence-electron chi connectivity index (χ1n) is 7.86. The summed E-state index contributed by atoms with van der Waals surface area (Å²) in [5.74, 6) is 0. The number of thiazole rings is 1. The summed E-state index contributed by atoms with van der Waals surface area (Å²) in [6.45, 7) is 7.12. The first-order chi connectivity index (χ1) is 11.4. The van der Waals surface area contributed by atoms with E-state index in [0.717, 1.165) is 22.5 Å². The van der Waals surface area contributed by atoms with Crippen molar-refractivity contribution in [1.82, 2.24) is 14.2 Å². The molecule has 1 saturated heterocycles. The lowest BCUT2D eigenvalue weighted by molar-refractivity contribution is 0.183. The van der Waals surface area contributed by atoms with Gasteiger partial charge in [0.25, 0.3) is 0 Å². The molecule has 2 heterocycles. The Bertz CT molecular complexity index is 824. The average Bonchev–Trinajstić information content (AvgIpc) is 2.95. The number of piperazine rings is 1. The summed E-state index contributed by atoms with van der Waals surface area (Å²) in [5, 5.41) is 0.570. The third kappa shape index (κ3) is 3.61. The van der Waals surface area contributed by atoms with Gasteiger partial charge in [0.15, 0.2) is 5.13 Å². The monoisotopic (exact) mass is 366 g/mol. The zero-order valence-electron chi connectivity index (χ0n) is 13.9. The van der Waals surface area contributed by atoms with Crippen LogP contribution in [0.3, 0.4) is 0 Å². The molecule has 0 aliphatic carbocycles. The van der Waals surface area contributed by atoms with E-state index in [2.05, 4.69) is 9.88 Å². The number of rotatable bonds is 4. The van der Waals surface area contributed by atoms with Crippen molar-refractivity contribution in [3.8, 4) is 0 Å². The number of nitrogen functional groups attached to an aromatic ring is 1. The van der Waals surface area contributed by atoms with E-state index in [-0.39, 0.29) is 0 Å². The summed E-state index contributed by atoms with van der Waals surface area (Å²) >= 11 is 1.48. The molecule has 1 fully saturated rings. The molecule has 1 aliphatic heterocycles. The Morgan fingerprint density at radius 2 is 1.88 bits per heavy atom. The van der Waals surface area contributed by atoms with Crippen LogP contribution in [0.15, 0.2) is 29.3 Å². The Hall–Kier alpha value is -1.48. The van der Waals surface area contributed by atoms with E-state index in [1.165, 1.54) is 11.3 Å². The van der Waals surface area contributed by atoms with Crippen molar-refractivity contribution in [3.05, 3.63) is 40.4 Å². The van der Waals surface area contributed by atoms with Crippen LogP contribution in [0.4, 0.5) is 5.13 Å². The molecular formula is C16H22N4O2S2. The van der Waals surface area contributed by atoms with Gasteiger partial charge in [0, 0.05) is 43.8 Å². The van der Waals surface area contributed by atoms with E-state index in [1.54, 1.807) is 22.6 Å². The first kappa shape index (κ1) is 17.3.